The van der Waals surface area contributed by atoms with Gasteiger partial charge in [0.05, 0.1) is 0 Å². The molecule has 0 bridgehead atoms. The van der Waals surface area contributed by atoms with Crippen LogP contribution in [-0.2, 0) is 13.0 Å². The third-order valence-electron chi connectivity index (χ3n) is 2.41. The molecule has 0 unspecified atom stereocenters. The molecule has 80 valence electrons. The maximum absolute atomic E-state index is 5.12. The number of nitrogens with zero attached hydrogens (tertiary/aromatic N) is 2. The van der Waals surface area contributed by atoms with Crippen molar-refractivity contribution >= 4 is 12.2 Å². The third-order valence-corrected chi connectivity index (χ3v) is 2.72. The van der Waals surface area contributed by atoms with Crippen LogP contribution >= 0.6 is 12.2 Å². The Kier molecular flexibility index (Phi) is 4.87. The molecule has 0 aliphatic heterocycles. The Morgan fingerprint density at radius 3 is 2.71 bits per heavy atom. The molecule has 0 amide bonds. The van der Waals surface area contributed by atoms with Crippen molar-refractivity contribution in [2.24, 2.45) is 0 Å². The van der Waals surface area contributed by atoms with E-state index in [1.807, 2.05) is 0 Å². The lowest BCUT2D eigenvalue weighted by Gasteiger charge is -2.02. The summed E-state index contributed by atoms with van der Waals surface area (Å²) >= 11 is 5.12. The summed E-state index contributed by atoms with van der Waals surface area (Å²) in [6.07, 6.45) is 6.15. The molecule has 0 aliphatic carbocycles. The number of rotatable bonds is 6. The number of hydrogen-bond donors (Lipinski definition) is 1. The van der Waals surface area contributed by atoms with Gasteiger partial charge in [-0.25, -0.2) is 0 Å². The van der Waals surface area contributed by atoms with Gasteiger partial charge in [-0.2, -0.15) is 5.10 Å². The van der Waals surface area contributed by atoms with Crippen molar-refractivity contribution in [2.45, 2.75) is 52.5 Å². The van der Waals surface area contributed by atoms with E-state index in [1.165, 1.54) is 25.7 Å². The summed E-state index contributed by atoms with van der Waals surface area (Å²) in [6.45, 7) is 5.24. The normalized spacial score (nSPS) is 10.7. The van der Waals surface area contributed by atoms with Crippen molar-refractivity contribution in [3.63, 3.8) is 0 Å². The molecule has 1 aromatic heterocycles. The fourth-order valence-corrected chi connectivity index (χ4v) is 1.86. The maximum Gasteiger partial charge on any atom is 0.195 e. The highest BCUT2D eigenvalue weighted by Crippen LogP contribution is 2.06. The zero-order valence-electron chi connectivity index (χ0n) is 9.05. The van der Waals surface area contributed by atoms with Crippen molar-refractivity contribution in [3.05, 3.63) is 10.6 Å². The summed E-state index contributed by atoms with van der Waals surface area (Å²) in [6, 6.07) is 0. The average molecular weight is 213 g/mol. The van der Waals surface area contributed by atoms with E-state index < -0.39 is 0 Å². The van der Waals surface area contributed by atoms with E-state index >= 15 is 0 Å². The minimum Gasteiger partial charge on any atom is -0.304 e. The standard InChI is InChI=1S/C10H19N3S/c1-3-5-6-7-8-9-11-12-10(14)13(9)4-2/h3-8H2,1-2H3,(H,12,14). The summed E-state index contributed by atoms with van der Waals surface area (Å²) in [5.74, 6) is 1.11. The second-order valence-corrected chi connectivity index (χ2v) is 3.89. The SMILES string of the molecule is CCCCCCc1n[nH]c(=S)n1CC. The van der Waals surface area contributed by atoms with Gasteiger partial charge >= 0.3 is 0 Å². The van der Waals surface area contributed by atoms with Gasteiger partial charge in [-0.15, -0.1) is 0 Å². The lowest BCUT2D eigenvalue weighted by atomic mass is 10.1. The molecule has 14 heavy (non-hydrogen) atoms. The van der Waals surface area contributed by atoms with Gasteiger partial charge in [0, 0.05) is 13.0 Å². The van der Waals surface area contributed by atoms with E-state index in [1.54, 1.807) is 0 Å². The number of H-pyrrole nitrogens is 1. The molecule has 0 atom stereocenters. The first kappa shape index (κ1) is 11.4. The van der Waals surface area contributed by atoms with Gasteiger partial charge in [0.25, 0.3) is 0 Å². The molecule has 1 rings (SSSR count). The zero-order chi connectivity index (χ0) is 10.4. The highest BCUT2D eigenvalue weighted by Gasteiger charge is 2.02. The van der Waals surface area contributed by atoms with Crippen molar-refractivity contribution < 1.29 is 0 Å². The van der Waals surface area contributed by atoms with E-state index in [9.17, 15) is 0 Å². The lowest BCUT2D eigenvalue weighted by molar-refractivity contribution is 0.618. The van der Waals surface area contributed by atoms with E-state index in [0.717, 1.165) is 23.6 Å². The second kappa shape index (κ2) is 5.96. The first-order valence-electron chi connectivity index (χ1n) is 5.43. The van der Waals surface area contributed by atoms with E-state index in [-0.39, 0.29) is 0 Å². The molecule has 1 aromatic rings. The predicted molar refractivity (Wildman–Crippen MR) is 60.9 cm³/mol. The van der Waals surface area contributed by atoms with Crippen molar-refractivity contribution in [1.82, 2.24) is 14.8 Å². The van der Waals surface area contributed by atoms with Gasteiger partial charge < -0.3 is 4.57 Å². The zero-order valence-corrected chi connectivity index (χ0v) is 9.86. The van der Waals surface area contributed by atoms with Crippen LogP contribution in [0.5, 0.6) is 0 Å². The smallest absolute Gasteiger partial charge is 0.195 e. The number of unbranched alkanes of at least 4 members (excludes halogenated alkanes) is 3. The molecule has 0 radical (unpaired) electrons. The summed E-state index contributed by atoms with van der Waals surface area (Å²) in [4.78, 5) is 0. The molecule has 4 heteroatoms. The lowest BCUT2D eigenvalue weighted by Crippen LogP contribution is -2.01. The molecule has 3 nitrogen and oxygen atoms in total. The topological polar surface area (TPSA) is 33.6 Å². The van der Waals surface area contributed by atoms with Crippen molar-refractivity contribution in [3.8, 4) is 0 Å². The van der Waals surface area contributed by atoms with Crippen LogP contribution in [0, 0.1) is 4.77 Å². The van der Waals surface area contributed by atoms with Crippen LogP contribution in [-0.4, -0.2) is 14.8 Å². The molecule has 0 saturated carbocycles. The summed E-state index contributed by atoms with van der Waals surface area (Å²) in [7, 11) is 0. The van der Waals surface area contributed by atoms with Crippen molar-refractivity contribution in [1.29, 1.82) is 0 Å². The first-order valence-corrected chi connectivity index (χ1v) is 5.84. The molecule has 1 heterocycles. The Morgan fingerprint density at radius 2 is 2.07 bits per heavy atom. The minimum absolute atomic E-state index is 0.748. The molecular formula is C10H19N3S. The monoisotopic (exact) mass is 213 g/mol. The van der Waals surface area contributed by atoms with Crippen LogP contribution in [0.15, 0.2) is 0 Å². The summed E-state index contributed by atoms with van der Waals surface area (Å²) < 4.78 is 2.82. The van der Waals surface area contributed by atoms with Gasteiger partial charge in [-0.1, -0.05) is 26.2 Å². The van der Waals surface area contributed by atoms with Crippen LogP contribution in [0.4, 0.5) is 0 Å². The van der Waals surface area contributed by atoms with E-state index in [2.05, 4.69) is 28.6 Å². The molecule has 0 spiro atoms. The average Bonchev–Trinajstić information content (AvgIpc) is 2.54. The fourth-order valence-electron chi connectivity index (χ4n) is 1.58. The Hall–Kier alpha value is -0.640. The van der Waals surface area contributed by atoms with Crippen molar-refractivity contribution in [2.75, 3.05) is 0 Å². The van der Waals surface area contributed by atoms with Gasteiger partial charge in [0.1, 0.15) is 5.82 Å². The Bertz CT molecular complexity index is 313. The highest BCUT2D eigenvalue weighted by molar-refractivity contribution is 7.71. The Labute approximate surface area is 90.5 Å². The summed E-state index contributed by atoms with van der Waals surface area (Å²) in [5.41, 5.74) is 0. The minimum atomic E-state index is 0.748. The third kappa shape index (κ3) is 2.94. The molecule has 0 fully saturated rings. The van der Waals surface area contributed by atoms with Gasteiger partial charge in [-0.3, -0.25) is 5.10 Å². The second-order valence-electron chi connectivity index (χ2n) is 3.50. The fraction of sp³-hybridized carbons (Fsp3) is 0.800. The van der Waals surface area contributed by atoms with Gasteiger partial charge in [0.2, 0.25) is 0 Å². The highest BCUT2D eigenvalue weighted by atomic mass is 32.1. The Morgan fingerprint density at radius 1 is 1.29 bits per heavy atom. The van der Waals surface area contributed by atoms with Crippen LogP contribution < -0.4 is 0 Å². The van der Waals surface area contributed by atoms with Crippen LogP contribution in [0.2, 0.25) is 0 Å². The van der Waals surface area contributed by atoms with Gasteiger partial charge in [-0.05, 0) is 25.6 Å². The quantitative estimate of drug-likeness (QED) is 0.582. The van der Waals surface area contributed by atoms with Crippen LogP contribution in [0.1, 0.15) is 45.4 Å². The van der Waals surface area contributed by atoms with E-state index in [0.29, 0.717) is 0 Å². The van der Waals surface area contributed by atoms with Crippen LogP contribution in [0.3, 0.4) is 0 Å². The first-order chi connectivity index (χ1) is 6.79. The molecule has 1 N–H and O–H groups in total. The molecular weight excluding hydrogens is 194 g/mol. The number of aromatic nitrogens is 3. The van der Waals surface area contributed by atoms with E-state index in [4.69, 9.17) is 12.2 Å². The number of aryl methyl sites for hydroxylation is 1. The molecule has 0 aliphatic rings. The molecule has 0 aromatic carbocycles. The molecule has 0 saturated heterocycles. The number of hydrogen-bond acceptors (Lipinski definition) is 2. The summed E-state index contributed by atoms with van der Waals surface area (Å²) in [5, 5.41) is 7.07. The van der Waals surface area contributed by atoms with Crippen LogP contribution in [0.25, 0.3) is 0 Å². The van der Waals surface area contributed by atoms with Gasteiger partial charge in [0.15, 0.2) is 4.77 Å². The number of aromatic amines is 1. The largest absolute Gasteiger partial charge is 0.304 e. The predicted octanol–water partition coefficient (Wildman–Crippen LogP) is 3.08. The maximum atomic E-state index is 5.12. The number of nitrogens with one attached hydrogen (secondary N) is 1. The Balaban J connectivity index is 2.46.